The molecule has 1 unspecified atom stereocenters. The fraction of sp³-hybridized carbons (Fsp3) is 0.438. The number of ether oxygens (including phenoxy) is 1. The lowest BCUT2D eigenvalue weighted by Gasteiger charge is -2.32. The highest BCUT2D eigenvalue weighted by Crippen LogP contribution is 2.28. The van der Waals surface area contributed by atoms with Gasteiger partial charge in [0.1, 0.15) is 5.82 Å². The molecule has 1 aromatic heterocycles. The third-order valence-electron chi connectivity index (χ3n) is 4.49. The fourth-order valence-corrected chi connectivity index (χ4v) is 4.85. The van der Waals surface area contributed by atoms with Gasteiger partial charge in [0.15, 0.2) is 5.03 Å². The molecule has 3 heterocycles. The molecule has 0 aliphatic carbocycles. The molecule has 0 bridgehead atoms. The van der Waals surface area contributed by atoms with Gasteiger partial charge in [0.05, 0.1) is 18.9 Å². The van der Waals surface area contributed by atoms with Crippen LogP contribution >= 0.6 is 0 Å². The molecule has 1 fully saturated rings. The van der Waals surface area contributed by atoms with E-state index in [2.05, 4.69) is 4.98 Å². The Morgan fingerprint density at radius 2 is 2.00 bits per heavy atom. The van der Waals surface area contributed by atoms with E-state index in [0.29, 0.717) is 24.7 Å². The van der Waals surface area contributed by atoms with Crippen molar-refractivity contribution in [1.29, 1.82) is 0 Å². The van der Waals surface area contributed by atoms with Crippen LogP contribution in [0.3, 0.4) is 0 Å². The summed E-state index contributed by atoms with van der Waals surface area (Å²) in [5.74, 6) is 0.872. The first-order valence-electron chi connectivity index (χ1n) is 7.87. The van der Waals surface area contributed by atoms with Crippen LogP contribution in [-0.4, -0.2) is 42.0 Å². The zero-order chi connectivity index (χ0) is 15.9. The normalized spacial score (nSPS) is 22.2. The van der Waals surface area contributed by atoms with Crippen molar-refractivity contribution in [1.82, 2.24) is 13.9 Å². The first-order chi connectivity index (χ1) is 11.2. The summed E-state index contributed by atoms with van der Waals surface area (Å²) < 4.78 is 35.1. The Hall–Kier alpha value is -1.70. The van der Waals surface area contributed by atoms with Crippen molar-refractivity contribution in [2.75, 3.05) is 19.7 Å². The SMILES string of the molecule is O=S(=O)(c1cnc2n1CCC2)N1CCOC(c2ccccc2)C1. The number of rotatable bonds is 3. The smallest absolute Gasteiger partial charge is 0.260 e. The molecular formula is C16H19N3O3S. The van der Waals surface area contributed by atoms with Gasteiger partial charge < -0.3 is 9.30 Å². The van der Waals surface area contributed by atoms with Gasteiger partial charge in [-0.15, -0.1) is 0 Å². The van der Waals surface area contributed by atoms with E-state index in [1.165, 1.54) is 10.5 Å². The molecule has 7 heteroatoms. The Morgan fingerprint density at radius 3 is 2.83 bits per heavy atom. The van der Waals surface area contributed by atoms with Crippen molar-refractivity contribution in [2.24, 2.45) is 0 Å². The molecule has 2 aliphatic rings. The minimum atomic E-state index is -3.53. The largest absolute Gasteiger partial charge is 0.371 e. The van der Waals surface area contributed by atoms with Crippen molar-refractivity contribution in [3.63, 3.8) is 0 Å². The van der Waals surface area contributed by atoms with E-state index in [0.717, 1.165) is 30.8 Å². The molecule has 0 amide bonds. The molecule has 1 aromatic carbocycles. The molecule has 1 saturated heterocycles. The number of fused-ring (bicyclic) bond motifs is 1. The monoisotopic (exact) mass is 333 g/mol. The van der Waals surface area contributed by atoms with E-state index < -0.39 is 10.0 Å². The van der Waals surface area contributed by atoms with Gasteiger partial charge in [-0.1, -0.05) is 30.3 Å². The highest BCUT2D eigenvalue weighted by molar-refractivity contribution is 7.89. The maximum absolute atomic E-state index is 13.0. The van der Waals surface area contributed by atoms with Gasteiger partial charge in [0.25, 0.3) is 10.0 Å². The summed E-state index contributed by atoms with van der Waals surface area (Å²) in [7, 11) is -3.53. The molecule has 2 aromatic rings. The molecule has 23 heavy (non-hydrogen) atoms. The van der Waals surface area contributed by atoms with Crippen LogP contribution in [0.25, 0.3) is 0 Å². The number of morpholine rings is 1. The second kappa shape index (κ2) is 5.74. The standard InChI is InChI=1S/C16H19N3O3S/c20-23(21,16-11-17-15-7-4-8-19(15)16)18-9-10-22-14(12-18)13-5-2-1-3-6-13/h1-3,5-6,11,14H,4,7-10,12H2. The van der Waals surface area contributed by atoms with Crippen LogP contribution in [-0.2, 0) is 27.7 Å². The Kier molecular flexibility index (Phi) is 3.71. The van der Waals surface area contributed by atoms with Crippen molar-refractivity contribution in [2.45, 2.75) is 30.5 Å². The van der Waals surface area contributed by atoms with Gasteiger partial charge in [-0.05, 0) is 12.0 Å². The topological polar surface area (TPSA) is 64.4 Å². The third kappa shape index (κ3) is 2.58. The number of sulfonamides is 1. The third-order valence-corrected chi connectivity index (χ3v) is 6.35. The summed E-state index contributed by atoms with van der Waals surface area (Å²) in [4.78, 5) is 4.26. The van der Waals surface area contributed by atoms with Gasteiger partial charge in [-0.3, -0.25) is 0 Å². The second-order valence-electron chi connectivity index (χ2n) is 5.90. The first kappa shape index (κ1) is 14.9. The average molecular weight is 333 g/mol. The molecule has 6 nitrogen and oxygen atoms in total. The van der Waals surface area contributed by atoms with Crippen LogP contribution in [0.4, 0.5) is 0 Å². The first-order valence-corrected chi connectivity index (χ1v) is 9.31. The molecule has 1 atom stereocenters. The van der Waals surface area contributed by atoms with E-state index in [1.807, 2.05) is 34.9 Å². The number of nitrogens with zero attached hydrogens (tertiary/aromatic N) is 3. The Labute approximate surface area is 135 Å². The number of aryl methyl sites for hydroxylation is 1. The molecule has 0 saturated carbocycles. The maximum Gasteiger partial charge on any atom is 0.260 e. The van der Waals surface area contributed by atoms with E-state index in [9.17, 15) is 8.42 Å². The minimum Gasteiger partial charge on any atom is -0.371 e. The zero-order valence-corrected chi connectivity index (χ0v) is 13.6. The average Bonchev–Trinajstić information content (AvgIpc) is 3.19. The fourth-order valence-electron chi connectivity index (χ4n) is 3.28. The second-order valence-corrected chi connectivity index (χ2v) is 7.79. The van der Waals surface area contributed by atoms with Gasteiger partial charge in [-0.25, -0.2) is 13.4 Å². The van der Waals surface area contributed by atoms with Crippen molar-refractivity contribution in [3.05, 3.63) is 47.9 Å². The molecule has 2 aliphatic heterocycles. The Morgan fingerprint density at radius 1 is 1.17 bits per heavy atom. The van der Waals surface area contributed by atoms with Crippen LogP contribution in [0.5, 0.6) is 0 Å². The summed E-state index contributed by atoms with van der Waals surface area (Å²) >= 11 is 0. The van der Waals surface area contributed by atoms with Gasteiger partial charge in [-0.2, -0.15) is 4.31 Å². The van der Waals surface area contributed by atoms with Gasteiger partial charge in [0, 0.05) is 26.1 Å². The molecule has 0 spiro atoms. The predicted molar refractivity (Wildman–Crippen MR) is 84.4 cm³/mol. The number of aromatic nitrogens is 2. The van der Waals surface area contributed by atoms with E-state index in [1.54, 1.807) is 0 Å². The van der Waals surface area contributed by atoms with E-state index in [-0.39, 0.29) is 6.10 Å². The summed E-state index contributed by atoms with van der Waals surface area (Å²) in [5.41, 5.74) is 1.01. The lowest BCUT2D eigenvalue weighted by Crippen LogP contribution is -2.42. The molecule has 0 N–H and O–H groups in total. The van der Waals surface area contributed by atoms with Crippen LogP contribution in [0, 0.1) is 0 Å². The van der Waals surface area contributed by atoms with Crippen molar-refractivity contribution in [3.8, 4) is 0 Å². The summed E-state index contributed by atoms with van der Waals surface area (Å²) in [6.07, 6.45) is 3.09. The minimum absolute atomic E-state index is 0.222. The number of imidazole rings is 1. The predicted octanol–water partition coefficient (Wildman–Crippen LogP) is 1.59. The zero-order valence-electron chi connectivity index (χ0n) is 12.8. The summed E-state index contributed by atoms with van der Waals surface area (Å²) in [5, 5.41) is 0.318. The molecular weight excluding hydrogens is 314 g/mol. The molecule has 4 rings (SSSR count). The van der Waals surface area contributed by atoms with Gasteiger partial charge in [0.2, 0.25) is 0 Å². The number of hydrogen-bond acceptors (Lipinski definition) is 4. The molecule has 122 valence electrons. The number of hydrogen-bond donors (Lipinski definition) is 0. The lowest BCUT2D eigenvalue weighted by atomic mass is 10.1. The van der Waals surface area contributed by atoms with Crippen LogP contribution in [0.2, 0.25) is 0 Å². The Balaban J connectivity index is 1.61. The van der Waals surface area contributed by atoms with E-state index in [4.69, 9.17) is 4.74 Å². The van der Waals surface area contributed by atoms with Crippen LogP contribution in [0.15, 0.2) is 41.6 Å². The Bertz CT molecular complexity index is 801. The lowest BCUT2D eigenvalue weighted by molar-refractivity contribution is -0.00267. The maximum atomic E-state index is 13.0. The van der Waals surface area contributed by atoms with E-state index >= 15 is 0 Å². The highest BCUT2D eigenvalue weighted by atomic mass is 32.2. The van der Waals surface area contributed by atoms with Crippen LogP contribution < -0.4 is 0 Å². The quantitative estimate of drug-likeness (QED) is 0.856. The molecule has 0 radical (unpaired) electrons. The van der Waals surface area contributed by atoms with Gasteiger partial charge >= 0.3 is 0 Å². The van der Waals surface area contributed by atoms with Crippen molar-refractivity contribution >= 4 is 10.0 Å². The highest BCUT2D eigenvalue weighted by Gasteiger charge is 2.35. The van der Waals surface area contributed by atoms with Crippen molar-refractivity contribution < 1.29 is 13.2 Å². The summed E-state index contributed by atoms with van der Waals surface area (Å²) in [6.45, 7) is 1.86. The number of benzene rings is 1. The van der Waals surface area contributed by atoms with Crippen LogP contribution in [0.1, 0.15) is 23.9 Å². The summed E-state index contributed by atoms with van der Waals surface area (Å²) in [6, 6.07) is 9.76.